The number of hydrogen-bond donors (Lipinski definition) is 3. The van der Waals surface area contributed by atoms with Gasteiger partial charge in [-0.2, -0.15) is 0 Å². The topological polar surface area (TPSA) is 110 Å². The van der Waals surface area contributed by atoms with E-state index in [1.165, 1.54) is 0 Å². The second-order valence-electron chi connectivity index (χ2n) is 5.98. The number of ether oxygens (including phenoxy) is 1. The van der Waals surface area contributed by atoms with Crippen LogP contribution in [0.5, 0.6) is 0 Å². The summed E-state index contributed by atoms with van der Waals surface area (Å²) in [5, 5.41) is 18.8. The normalized spacial score (nSPS) is 15.1. The van der Waals surface area contributed by atoms with Crippen LogP contribution < -0.4 is 5.73 Å². The van der Waals surface area contributed by atoms with Gasteiger partial charge < -0.3 is 20.7 Å². The first-order valence-corrected chi connectivity index (χ1v) is 8.00. The maximum absolute atomic E-state index is 12.1. The molecule has 0 saturated carbocycles. The van der Waals surface area contributed by atoms with Gasteiger partial charge in [0.2, 0.25) is 0 Å². The van der Waals surface area contributed by atoms with E-state index in [0.29, 0.717) is 0 Å². The molecule has 6 heteroatoms. The number of nitrogens with two attached hydrogens (primary N) is 1. The van der Waals surface area contributed by atoms with Gasteiger partial charge in [-0.1, -0.05) is 48.5 Å². The second kappa shape index (κ2) is 7.04. The van der Waals surface area contributed by atoms with Gasteiger partial charge in [0.15, 0.2) is 5.92 Å². The van der Waals surface area contributed by atoms with Crippen molar-refractivity contribution in [3.63, 3.8) is 0 Å². The molecule has 0 aliphatic heterocycles. The number of aliphatic hydroxyl groups is 1. The number of carboxylic acids is 1. The lowest BCUT2D eigenvalue weighted by molar-refractivity contribution is -0.163. The highest BCUT2D eigenvalue weighted by molar-refractivity contribution is 5.94. The Kier molecular flexibility index (Phi) is 4.83. The van der Waals surface area contributed by atoms with E-state index in [2.05, 4.69) is 0 Å². The summed E-state index contributed by atoms with van der Waals surface area (Å²) >= 11 is 0. The zero-order chi connectivity index (χ0) is 18.0. The van der Waals surface area contributed by atoms with Gasteiger partial charge in [-0.25, -0.2) is 0 Å². The lowest BCUT2D eigenvalue weighted by Crippen LogP contribution is -2.40. The lowest BCUT2D eigenvalue weighted by atomic mass is 9.98. The molecule has 0 radical (unpaired) electrons. The summed E-state index contributed by atoms with van der Waals surface area (Å²) in [6.45, 7) is -0.324. The average molecular weight is 341 g/mol. The third kappa shape index (κ3) is 3.14. The number of esters is 1. The number of aliphatic carboxylic acids is 1. The highest BCUT2D eigenvalue weighted by atomic mass is 16.5. The number of rotatable bonds is 6. The Morgan fingerprint density at radius 3 is 2.04 bits per heavy atom. The fourth-order valence-electron chi connectivity index (χ4n) is 3.25. The van der Waals surface area contributed by atoms with Gasteiger partial charge in [-0.15, -0.1) is 0 Å². The van der Waals surface area contributed by atoms with E-state index < -0.39 is 24.0 Å². The summed E-state index contributed by atoms with van der Waals surface area (Å²) in [4.78, 5) is 23.4. The molecule has 0 saturated heterocycles. The fraction of sp³-hybridized carbons (Fsp3) is 0.263. The van der Waals surface area contributed by atoms with E-state index in [4.69, 9.17) is 15.6 Å². The van der Waals surface area contributed by atoms with Crippen molar-refractivity contribution < 1.29 is 24.5 Å². The fourth-order valence-corrected chi connectivity index (χ4v) is 3.25. The third-order valence-electron chi connectivity index (χ3n) is 4.50. The molecule has 2 unspecified atom stereocenters. The Labute approximate surface area is 144 Å². The molecule has 0 spiro atoms. The first-order valence-electron chi connectivity index (χ1n) is 8.00. The van der Waals surface area contributed by atoms with Gasteiger partial charge in [-0.3, -0.25) is 9.59 Å². The SMILES string of the molecule is NCC(O)C(C(=O)O)C(=O)OCC1c2ccccc2-c2ccccc21. The van der Waals surface area contributed by atoms with Crippen molar-refractivity contribution >= 4 is 11.9 Å². The van der Waals surface area contributed by atoms with E-state index in [1.54, 1.807) is 0 Å². The van der Waals surface area contributed by atoms with E-state index in [1.807, 2.05) is 48.5 Å². The molecule has 2 aromatic carbocycles. The summed E-state index contributed by atoms with van der Waals surface area (Å²) in [6, 6.07) is 15.7. The van der Waals surface area contributed by atoms with Gasteiger partial charge in [0.05, 0.1) is 6.10 Å². The van der Waals surface area contributed by atoms with Gasteiger partial charge in [-0.05, 0) is 22.3 Å². The summed E-state index contributed by atoms with van der Waals surface area (Å²) in [5.74, 6) is -4.28. The molecular formula is C19H19NO5. The van der Waals surface area contributed by atoms with Crippen molar-refractivity contribution in [1.82, 2.24) is 0 Å². The van der Waals surface area contributed by atoms with Crippen LogP contribution in [0.15, 0.2) is 48.5 Å². The molecule has 3 rings (SSSR count). The monoisotopic (exact) mass is 341 g/mol. The zero-order valence-electron chi connectivity index (χ0n) is 13.5. The molecule has 4 N–H and O–H groups in total. The summed E-state index contributed by atoms with van der Waals surface area (Å²) < 4.78 is 5.25. The smallest absolute Gasteiger partial charge is 0.323 e. The molecule has 1 aliphatic carbocycles. The number of benzene rings is 2. The molecule has 0 fully saturated rings. The number of carbonyl (C=O) groups is 2. The average Bonchev–Trinajstić information content (AvgIpc) is 2.93. The van der Waals surface area contributed by atoms with E-state index in [-0.39, 0.29) is 19.1 Å². The maximum Gasteiger partial charge on any atom is 0.323 e. The van der Waals surface area contributed by atoms with Crippen LogP contribution in [-0.4, -0.2) is 41.4 Å². The van der Waals surface area contributed by atoms with Gasteiger partial charge >= 0.3 is 11.9 Å². The van der Waals surface area contributed by atoms with Crippen LogP contribution >= 0.6 is 0 Å². The molecule has 25 heavy (non-hydrogen) atoms. The Balaban J connectivity index is 1.82. The Morgan fingerprint density at radius 2 is 1.56 bits per heavy atom. The minimum absolute atomic E-state index is 0.00787. The zero-order valence-corrected chi connectivity index (χ0v) is 13.5. The lowest BCUT2D eigenvalue weighted by Gasteiger charge is -2.19. The predicted octanol–water partition coefficient (Wildman–Crippen LogP) is 1.36. The Morgan fingerprint density at radius 1 is 1.04 bits per heavy atom. The van der Waals surface area contributed by atoms with Crippen molar-refractivity contribution in [2.75, 3.05) is 13.2 Å². The first kappa shape index (κ1) is 17.1. The van der Waals surface area contributed by atoms with Crippen molar-refractivity contribution in [1.29, 1.82) is 0 Å². The molecule has 130 valence electrons. The van der Waals surface area contributed by atoms with Gasteiger partial charge in [0, 0.05) is 12.5 Å². The second-order valence-corrected chi connectivity index (χ2v) is 5.98. The number of aliphatic hydroxyl groups excluding tert-OH is 1. The van der Waals surface area contributed by atoms with Gasteiger partial charge in [0.25, 0.3) is 0 Å². The van der Waals surface area contributed by atoms with Crippen LogP contribution in [0.2, 0.25) is 0 Å². The molecule has 0 bridgehead atoms. The molecule has 0 amide bonds. The Bertz CT molecular complexity index is 758. The van der Waals surface area contributed by atoms with Crippen LogP contribution in [0.3, 0.4) is 0 Å². The van der Waals surface area contributed by atoms with E-state index >= 15 is 0 Å². The van der Waals surface area contributed by atoms with Crippen LogP contribution in [0.4, 0.5) is 0 Å². The summed E-state index contributed by atoms with van der Waals surface area (Å²) in [5.41, 5.74) is 9.49. The third-order valence-corrected chi connectivity index (χ3v) is 4.50. The van der Waals surface area contributed by atoms with Crippen molar-refractivity contribution in [3.8, 4) is 11.1 Å². The highest BCUT2D eigenvalue weighted by Gasteiger charge is 2.36. The molecule has 6 nitrogen and oxygen atoms in total. The van der Waals surface area contributed by atoms with Crippen molar-refractivity contribution in [2.24, 2.45) is 11.7 Å². The number of carboxylic acid groups (broad SMARTS) is 1. The van der Waals surface area contributed by atoms with Gasteiger partial charge in [0.1, 0.15) is 6.61 Å². The van der Waals surface area contributed by atoms with Crippen molar-refractivity contribution in [3.05, 3.63) is 59.7 Å². The molecule has 0 aromatic heterocycles. The summed E-state index contributed by atoms with van der Waals surface area (Å²) in [7, 11) is 0. The molecule has 1 aliphatic rings. The minimum atomic E-state index is -1.68. The maximum atomic E-state index is 12.1. The molecular weight excluding hydrogens is 322 g/mol. The van der Waals surface area contributed by atoms with Crippen LogP contribution in [0.1, 0.15) is 17.0 Å². The molecule has 0 heterocycles. The number of carbonyl (C=O) groups excluding carboxylic acids is 1. The summed E-state index contributed by atoms with van der Waals surface area (Å²) in [6.07, 6.45) is -1.48. The standard InChI is InChI=1S/C19H19NO5/c20-9-16(21)17(18(22)23)19(24)25-10-15-13-7-3-1-5-11(13)12-6-2-4-8-14(12)15/h1-8,15-17,21H,9-10,20H2,(H,22,23). The van der Waals surface area contributed by atoms with Crippen LogP contribution in [0.25, 0.3) is 11.1 Å². The molecule has 2 aromatic rings. The quantitative estimate of drug-likeness (QED) is 0.541. The highest BCUT2D eigenvalue weighted by Crippen LogP contribution is 2.44. The van der Waals surface area contributed by atoms with Crippen LogP contribution in [-0.2, 0) is 14.3 Å². The van der Waals surface area contributed by atoms with E-state index in [0.717, 1.165) is 22.3 Å². The van der Waals surface area contributed by atoms with Crippen molar-refractivity contribution in [2.45, 2.75) is 12.0 Å². The number of hydrogen-bond acceptors (Lipinski definition) is 5. The van der Waals surface area contributed by atoms with E-state index in [9.17, 15) is 14.7 Å². The first-order chi connectivity index (χ1) is 12.0. The largest absolute Gasteiger partial charge is 0.481 e. The predicted molar refractivity (Wildman–Crippen MR) is 90.9 cm³/mol. The Hall–Kier alpha value is -2.70. The van der Waals surface area contributed by atoms with Crippen LogP contribution in [0, 0.1) is 5.92 Å². The molecule has 2 atom stereocenters. The number of fused-ring (bicyclic) bond motifs is 3. The minimum Gasteiger partial charge on any atom is -0.481 e.